The van der Waals surface area contributed by atoms with Crippen LogP contribution in [0.15, 0.2) is 36.4 Å². The maximum atomic E-state index is 12.6. The van der Waals surface area contributed by atoms with Crippen LogP contribution in [-0.2, 0) is 24.3 Å². The second-order valence-electron chi connectivity index (χ2n) is 6.69. The van der Waals surface area contributed by atoms with Crippen LogP contribution in [-0.4, -0.2) is 42.9 Å². The van der Waals surface area contributed by atoms with E-state index >= 15 is 0 Å². The fraction of sp³-hybridized carbons (Fsp3) is 0.368. The summed E-state index contributed by atoms with van der Waals surface area (Å²) < 4.78 is 1.81. The molecule has 134 valence electrons. The van der Waals surface area contributed by atoms with Crippen molar-refractivity contribution in [3.05, 3.63) is 53.3 Å². The molecule has 7 heteroatoms. The van der Waals surface area contributed by atoms with E-state index in [2.05, 4.69) is 46.7 Å². The van der Waals surface area contributed by atoms with Crippen molar-refractivity contribution in [2.75, 3.05) is 5.88 Å². The number of rotatable bonds is 4. The highest BCUT2D eigenvalue weighted by atomic mass is 35.5. The second kappa shape index (κ2) is 7.03. The summed E-state index contributed by atoms with van der Waals surface area (Å²) in [6, 6.07) is 12.6. The number of alkyl halides is 1. The summed E-state index contributed by atoms with van der Waals surface area (Å²) in [6.45, 7) is 3.38. The van der Waals surface area contributed by atoms with Gasteiger partial charge in [-0.25, -0.2) is 4.68 Å². The van der Waals surface area contributed by atoms with E-state index in [4.69, 9.17) is 11.6 Å². The van der Waals surface area contributed by atoms with Crippen LogP contribution in [0.25, 0.3) is 10.8 Å². The smallest absolute Gasteiger partial charge is 0.238 e. The van der Waals surface area contributed by atoms with Gasteiger partial charge in [-0.05, 0) is 45.7 Å². The van der Waals surface area contributed by atoms with Gasteiger partial charge in [0, 0.05) is 25.6 Å². The summed E-state index contributed by atoms with van der Waals surface area (Å²) in [7, 11) is 0. The summed E-state index contributed by atoms with van der Waals surface area (Å²) in [5.74, 6) is 0.752. The number of benzene rings is 2. The Bertz CT molecular complexity index is 954. The van der Waals surface area contributed by atoms with Crippen molar-refractivity contribution in [1.29, 1.82) is 0 Å². The third kappa shape index (κ3) is 3.05. The van der Waals surface area contributed by atoms with Crippen LogP contribution in [0.3, 0.4) is 0 Å². The van der Waals surface area contributed by atoms with E-state index in [1.54, 1.807) is 4.68 Å². The fourth-order valence-corrected chi connectivity index (χ4v) is 3.87. The molecule has 0 N–H and O–H groups in total. The van der Waals surface area contributed by atoms with E-state index in [9.17, 15) is 4.79 Å². The Morgan fingerprint density at radius 2 is 2.15 bits per heavy atom. The van der Waals surface area contributed by atoms with Crippen molar-refractivity contribution in [1.82, 2.24) is 25.1 Å². The van der Waals surface area contributed by atoms with Crippen LogP contribution in [0.4, 0.5) is 0 Å². The normalized spacial score (nSPS) is 16.5. The number of aromatic nitrogens is 4. The first-order valence-corrected chi connectivity index (χ1v) is 9.28. The number of halogens is 1. The predicted molar refractivity (Wildman–Crippen MR) is 99.9 cm³/mol. The zero-order valence-corrected chi connectivity index (χ0v) is 15.4. The van der Waals surface area contributed by atoms with Crippen molar-refractivity contribution in [3.8, 4) is 0 Å². The topological polar surface area (TPSA) is 63.9 Å². The van der Waals surface area contributed by atoms with E-state index in [0.29, 0.717) is 13.0 Å². The molecule has 3 aromatic rings. The lowest BCUT2D eigenvalue weighted by Gasteiger charge is -2.34. The van der Waals surface area contributed by atoms with Crippen molar-refractivity contribution < 1.29 is 4.79 Å². The number of carbonyl (C=O) groups excluding carboxylic acids is 1. The van der Waals surface area contributed by atoms with Gasteiger partial charge in [-0.3, -0.25) is 4.79 Å². The molecule has 4 rings (SSSR count). The number of amides is 1. The molecule has 1 aromatic heterocycles. The van der Waals surface area contributed by atoms with Crippen molar-refractivity contribution >= 4 is 28.3 Å². The predicted octanol–water partition coefficient (Wildman–Crippen LogP) is 2.72. The van der Waals surface area contributed by atoms with Crippen LogP contribution in [0.5, 0.6) is 0 Å². The molecule has 26 heavy (non-hydrogen) atoms. The van der Waals surface area contributed by atoms with Gasteiger partial charge < -0.3 is 4.90 Å². The zero-order valence-electron chi connectivity index (χ0n) is 14.6. The van der Waals surface area contributed by atoms with Gasteiger partial charge in [0.05, 0.1) is 0 Å². The highest BCUT2D eigenvalue weighted by Crippen LogP contribution is 2.25. The largest absolute Gasteiger partial charge is 0.334 e. The molecule has 1 unspecified atom stereocenters. The SMILES string of the molecule is Cc1c(CN(C(=O)CCl)C2CCn3nnnc3C2)ccc2ccccc12. The second-order valence-corrected chi connectivity index (χ2v) is 6.96. The van der Waals surface area contributed by atoms with Crippen molar-refractivity contribution in [2.24, 2.45) is 0 Å². The summed E-state index contributed by atoms with van der Waals surface area (Å²) >= 11 is 5.91. The number of tetrazole rings is 1. The van der Waals surface area contributed by atoms with E-state index in [1.165, 1.54) is 16.3 Å². The van der Waals surface area contributed by atoms with Gasteiger partial charge in [0.2, 0.25) is 5.91 Å². The molecule has 0 spiro atoms. The van der Waals surface area contributed by atoms with Gasteiger partial charge in [0.25, 0.3) is 0 Å². The van der Waals surface area contributed by atoms with E-state index in [0.717, 1.165) is 24.4 Å². The lowest BCUT2D eigenvalue weighted by molar-refractivity contribution is -0.132. The number of nitrogens with zero attached hydrogens (tertiary/aromatic N) is 5. The molecule has 2 heterocycles. The first-order chi connectivity index (χ1) is 12.7. The first-order valence-electron chi connectivity index (χ1n) is 8.75. The minimum Gasteiger partial charge on any atom is -0.334 e. The Kier molecular flexibility index (Phi) is 4.59. The summed E-state index contributed by atoms with van der Waals surface area (Å²) in [6.07, 6.45) is 1.48. The molecule has 1 aliphatic rings. The van der Waals surface area contributed by atoms with Crippen LogP contribution in [0, 0.1) is 6.92 Å². The molecule has 0 radical (unpaired) electrons. The van der Waals surface area contributed by atoms with Crippen LogP contribution >= 0.6 is 11.6 Å². The maximum absolute atomic E-state index is 12.6. The number of aryl methyl sites for hydroxylation is 2. The summed E-state index contributed by atoms with van der Waals surface area (Å²) in [5, 5.41) is 14.2. The van der Waals surface area contributed by atoms with Crippen molar-refractivity contribution in [3.63, 3.8) is 0 Å². The highest BCUT2D eigenvalue weighted by molar-refractivity contribution is 6.27. The third-order valence-corrected chi connectivity index (χ3v) is 5.45. The van der Waals surface area contributed by atoms with Gasteiger partial charge in [-0.15, -0.1) is 16.7 Å². The van der Waals surface area contributed by atoms with Gasteiger partial charge in [-0.2, -0.15) is 0 Å². The third-order valence-electron chi connectivity index (χ3n) is 5.23. The van der Waals surface area contributed by atoms with E-state index in [1.807, 2.05) is 17.0 Å². The lowest BCUT2D eigenvalue weighted by atomic mass is 9.98. The fourth-order valence-electron chi connectivity index (χ4n) is 3.72. The zero-order chi connectivity index (χ0) is 18.1. The average molecular weight is 370 g/mol. The molecule has 0 fully saturated rings. The standard InChI is InChI=1S/C19H20ClN5O/c1-13-15(7-6-14-4-2-3-5-17(13)14)12-24(19(26)11-20)16-8-9-25-18(10-16)21-22-23-25/h2-7,16H,8-12H2,1H3. The van der Waals surface area contributed by atoms with Gasteiger partial charge >= 0.3 is 0 Å². The van der Waals surface area contributed by atoms with E-state index < -0.39 is 0 Å². The Morgan fingerprint density at radius 3 is 3.00 bits per heavy atom. The maximum Gasteiger partial charge on any atom is 0.238 e. The molecule has 6 nitrogen and oxygen atoms in total. The minimum atomic E-state index is -0.0508. The van der Waals surface area contributed by atoms with Crippen LogP contribution < -0.4 is 0 Å². The number of hydrogen-bond acceptors (Lipinski definition) is 4. The van der Waals surface area contributed by atoms with Crippen molar-refractivity contribution in [2.45, 2.75) is 38.9 Å². The molecule has 0 saturated carbocycles. The quantitative estimate of drug-likeness (QED) is 0.663. The summed E-state index contributed by atoms with van der Waals surface area (Å²) in [4.78, 5) is 14.5. The minimum absolute atomic E-state index is 0.0198. The Balaban J connectivity index is 1.64. The monoisotopic (exact) mass is 369 g/mol. The molecule has 0 aliphatic carbocycles. The Labute approximate surface area is 156 Å². The molecular weight excluding hydrogens is 350 g/mol. The molecule has 1 amide bonds. The van der Waals surface area contributed by atoms with Gasteiger partial charge in [-0.1, -0.05) is 36.4 Å². The number of hydrogen-bond donors (Lipinski definition) is 0. The highest BCUT2D eigenvalue weighted by Gasteiger charge is 2.29. The molecule has 1 aliphatic heterocycles. The van der Waals surface area contributed by atoms with Gasteiger partial charge in [0.1, 0.15) is 5.88 Å². The number of carbonyl (C=O) groups is 1. The average Bonchev–Trinajstić information content (AvgIpc) is 3.15. The molecule has 1 atom stereocenters. The van der Waals surface area contributed by atoms with E-state index in [-0.39, 0.29) is 17.8 Å². The molecule has 0 bridgehead atoms. The van der Waals surface area contributed by atoms with Gasteiger partial charge in [0.15, 0.2) is 5.82 Å². The summed E-state index contributed by atoms with van der Waals surface area (Å²) in [5.41, 5.74) is 2.35. The molecule has 2 aromatic carbocycles. The molecule has 0 saturated heterocycles. The Morgan fingerprint density at radius 1 is 1.31 bits per heavy atom. The first kappa shape index (κ1) is 17.0. The number of fused-ring (bicyclic) bond motifs is 2. The molecular formula is C19H20ClN5O. The van der Waals surface area contributed by atoms with Crippen LogP contribution in [0.1, 0.15) is 23.4 Å². The van der Waals surface area contributed by atoms with Crippen LogP contribution in [0.2, 0.25) is 0 Å². The lowest BCUT2D eigenvalue weighted by Crippen LogP contribution is -2.44. The Hall–Kier alpha value is -2.47.